The number of nitrogens with zero attached hydrogens (tertiary/aromatic N) is 2. The predicted octanol–water partition coefficient (Wildman–Crippen LogP) is 4.48. The lowest BCUT2D eigenvalue weighted by atomic mass is 10.1. The molecule has 0 saturated carbocycles. The minimum atomic E-state index is -1.12. The zero-order valence-corrected chi connectivity index (χ0v) is 17.2. The van der Waals surface area contributed by atoms with E-state index in [9.17, 15) is 14.4 Å². The van der Waals surface area contributed by atoms with Crippen molar-refractivity contribution in [3.8, 4) is 0 Å². The number of carbonyl (C=O) groups is 3. The van der Waals surface area contributed by atoms with Crippen molar-refractivity contribution in [2.45, 2.75) is 50.7 Å². The van der Waals surface area contributed by atoms with Crippen molar-refractivity contribution in [1.29, 1.82) is 0 Å². The van der Waals surface area contributed by atoms with E-state index in [2.05, 4.69) is 15.9 Å². The van der Waals surface area contributed by atoms with Gasteiger partial charge in [-0.05, 0) is 62.7 Å². The van der Waals surface area contributed by atoms with Gasteiger partial charge in [0.2, 0.25) is 0 Å². The van der Waals surface area contributed by atoms with E-state index in [1.807, 2.05) is 24.3 Å². The quantitative estimate of drug-likeness (QED) is 0.524. The Kier molecular flexibility index (Phi) is 5.53. The molecule has 1 aliphatic heterocycles. The number of halogens is 1. The summed E-state index contributed by atoms with van der Waals surface area (Å²) in [6, 6.07) is 6.94. The van der Waals surface area contributed by atoms with E-state index in [0.717, 1.165) is 9.37 Å². The van der Waals surface area contributed by atoms with Crippen molar-refractivity contribution in [2.75, 3.05) is 5.88 Å². The Bertz CT molecular complexity index is 715. The number of benzene rings is 1. The summed E-state index contributed by atoms with van der Waals surface area (Å²) < 4.78 is 6.09. The van der Waals surface area contributed by atoms with E-state index >= 15 is 0 Å². The highest BCUT2D eigenvalue weighted by atomic mass is 79.9. The van der Waals surface area contributed by atoms with Gasteiger partial charge in [-0.2, -0.15) is 4.90 Å². The lowest BCUT2D eigenvalue weighted by molar-refractivity contribution is -0.131. The summed E-state index contributed by atoms with van der Waals surface area (Å²) >= 11 is 4.86. The van der Waals surface area contributed by atoms with Crippen molar-refractivity contribution in [2.24, 2.45) is 0 Å². The van der Waals surface area contributed by atoms with Gasteiger partial charge in [-0.25, -0.2) is 9.59 Å². The summed E-state index contributed by atoms with van der Waals surface area (Å²) in [4.78, 5) is 40.4. The third-order valence-corrected chi connectivity index (χ3v) is 5.59. The number of hydrogen-bond donors (Lipinski definition) is 0. The number of hydrogen-bond acceptors (Lipinski definition) is 5. The van der Waals surface area contributed by atoms with Gasteiger partial charge in [-0.15, -0.1) is 11.8 Å². The molecule has 1 aromatic carbocycles. The van der Waals surface area contributed by atoms with Crippen molar-refractivity contribution in [3.05, 3.63) is 28.7 Å². The minimum Gasteiger partial charge on any atom is -0.443 e. The Balaban J connectivity index is 2.19. The van der Waals surface area contributed by atoms with Gasteiger partial charge in [-0.1, -0.05) is 12.1 Å². The maximum atomic E-state index is 12.7. The minimum absolute atomic E-state index is 0.236. The van der Waals surface area contributed by atoms with E-state index in [1.54, 1.807) is 34.6 Å². The van der Waals surface area contributed by atoms with E-state index in [4.69, 9.17) is 4.74 Å². The largest absolute Gasteiger partial charge is 0.443 e. The van der Waals surface area contributed by atoms with Gasteiger partial charge < -0.3 is 9.64 Å². The molecule has 1 saturated heterocycles. The molecule has 0 atom stereocenters. The molecule has 0 radical (unpaired) electrons. The molecule has 136 valence electrons. The Morgan fingerprint density at radius 1 is 1.24 bits per heavy atom. The monoisotopic (exact) mass is 428 g/mol. The van der Waals surface area contributed by atoms with Gasteiger partial charge in [0.05, 0.1) is 5.88 Å². The first-order valence-corrected chi connectivity index (χ1v) is 9.49. The summed E-state index contributed by atoms with van der Waals surface area (Å²) in [5.41, 5.74) is -1.92. The number of ether oxygens (including phenoxy) is 1. The SMILES string of the molecule is CC(C)(C)OC(=O)N1C(=O)N(CSc2ccccc2Br)C(C)(C)C1=O. The number of rotatable bonds is 3. The van der Waals surface area contributed by atoms with Crippen LogP contribution in [-0.4, -0.2) is 44.8 Å². The fraction of sp³-hybridized carbons (Fsp3) is 0.471. The molecule has 0 N–H and O–H groups in total. The highest BCUT2D eigenvalue weighted by Gasteiger charge is 2.54. The lowest BCUT2D eigenvalue weighted by Gasteiger charge is -2.27. The van der Waals surface area contributed by atoms with Crippen LogP contribution >= 0.6 is 27.7 Å². The molecule has 0 spiro atoms. The summed E-state index contributed by atoms with van der Waals surface area (Å²) in [5.74, 6) is -0.348. The molecule has 1 aliphatic rings. The molecule has 1 aromatic rings. The summed E-state index contributed by atoms with van der Waals surface area (Å²) in [5, 5.41) is 0. The Labute approximate surface area is 160 Å². The highest BCUT2D eigenvalue weighted by Crippen LogP contribution is 2.34. The van der Waals surface area contributed by atoms with Crippen LogP contribution in [0, 0.1) is 0 Å². The molecule has 0 aliphatic carbocycles. The third-order valence-electron chi connectivity index (χ3n) is 3.59. The Morgan fingerprint density at radius 3 is 2.40 bits per heavy atom. The van der Waals surface area contributed by atoms with E-state index in [0.29, 0.717) is 4.90 Å². The molecule has 0 unspecified atom stereocenters. The van der Waals surface area contributed by atoms with Crippen LogP contribution in [0.15, 0.2) is 33.6 Å². The maximum Gasteiger partial charge on any atom is 0.425 e. The molecule has 1 heterocycles. The van der Waals surface area contributed by atoms with Gasteiger partial charge in [0, 0.05) is 9.37 Å². The normalized spacial score (nSPS) is 17.2. The highest BCUT2D eigenvalue weighted by molar-refractivity contribution is 9.10. The Hall–Kier alpha value is -1.54. The number of thioether (sulfide) groups is 1. The van der Waals surface area contributed by atoms with Crippen LogP contribution in [0.5, 0.6) is 0 Å². The van der Waals surface area contributed by atoms with Gasteiger partial charge in [0.15, 0.2) is 0 Å². The number of carbonyl (C=O) groups excluding carboxylic acids is 3. The van der Waals surface area contributed by atoms with Crippen LogP contribution in [0.25, 0.3) is 0 Å². The van der Waals surface area contributed by atoms with Crippen LogP contribution in [0.1, 0.15) is 34.6 Å². The first-order valence-electron chi connectivity index (χ1n) is 7.71. The molecule has 6 nitrogen and oxygen atoms in total. The third kappa shape index (κ3) is 4.17. The van der Waals surface area contributed by atoms with Crippen molar-refractivity contribution in [3.63, 3.8) is 0 Å². The summed E-state index contributed by atoms with van der Waals surface area (Å²) in [6.45, 7) is 8.29. The maximum absolute atomic E-state index is 12.7. The molecule has 0 aromatic heterocycles. The first kappa shape index (κ1) is 19.8. The van der Waals surface area contributed by atoms with E-state index in [1.165, 1.54) is 16.7 Å². The first-order chi connectivity index (χ1) is 11.4. The number of amides is 4. The average molecular weight is 429 g/mol. The summed E-state index contributed by atoms with van der Waals surface area (Å²) in [6.07, 6.45) is -0.941. The fourth-order valence-corrected chi connectivity index (χ4v) is 3.93. The van der Waals surface area contributed by atoms with Crippen LogP contribution in [0.2, 0.25) is 0 Å². The number of urea groups is 1. The zero-order valence-electron chi connectivity index (χ0n) is 14.8. The smallest absolute Gasteiger partial charge is 0.425 e. The summed E-state index contributed by atoms with van der Waals surface area (Å²) in [7, 11) is 0. The van der Waals surface area contributed by atoms with Crippen LogP contribution in [0.4, 0.5) is 9.59 Å². The Morgan fingerprint density at radius 2 is 1.84 bits per heavy atom. The fourth-order valence-electron chi connectivity index (χ4n) is 2.22. The second kappa shape index (κ2) is 6.99. The molecular formula is C17H21BrN2O4S. The van der Waals surface area contributed by atoms with Gasteiger partial charge in [0.25, 0.3) is 5.91 Å². The molecular weight excluding hydrogens is 408 g/mol. The van der Waals surface area contributed by atoms with Crippen molar-refractivity contribution < 1.29 is 19.1 Å². The predicted molar refractivity (Wildman–Crippen MR) is 99.3 cm³/mol. The van der Waals surface area contributed by atoms with Gasteiger partial charge in [-0.3, -0.25) is 4.79 Å². The van der Waals surface area contributed by atoms with Crippen molar-refractivity contribution in [1.82, 2.24) is 9.80 Å². The average Bonchev–Trinajstić information content (AvgIpc) is 2.63. The van der Waals surface area contributed by atoms with Gasteiger partial charge in [0.1, 0.15) is 11.1 Å². The van der Waals surface area contributed by atoms with Gasteiger partial charge >= 0.3 is 12.1 Å². The van der Waals surface area contributed by atoms with Crippen molar-refractivity contribution >= 4 is 45.7 Å². The molecule has 0 bridgehead atoms. The van der Waals surface area contributed by atoms with Crippen LogP contribution in [-0.2, 0) is 9.53 Å². The van der Waals surface area contributed by atoms with Crippen LogP contribution in [0.3, 0.4) is 0 Å². The lowest BCUT2D eigenvalue weighted by Crippen LogP contribution is -2.44. The van der Waals surface area contributed by atoms with Crippen LogP contribution < -0.4 is 0 Å². The zero-order chi connectivity index (χ0) is 19.0. The molecule has 4 amide bonds. The second-order valence-corrected chi connectivity index (χ2v) is 8.94. The molecule has 25 heavy (non-hydrogen) atoms. The molecule has 2 rings (SSSR count). The molecule has 8 heteroatoms. The van der Waals surface area contributed by atoms with E-state index < -0.39 is 29.2 Å². The standard InChI is InChI=1S/C17H21BrN2O4S/c1-16(2,3)24-15(23)20-13(21)17(4,5)19(14(20)22)10-25-12-9-7-6-8-11(12)18/h6-9H,10H2,1-5H3. The van der Waals surface area contributed by atoms with E-state index in [-0.39, 0.29) is 5.88 Å². The topological polar surface area (TPSA) is 66.9 Å². The molecule has 1 fully saturated rings. The second-order valence-electron chi connectivity index (χ2n) is 7.09. The number of imide groups is 3.